The maximum Gasteiger partial charge on any atom is 0.276 e. The van der Waals surface area contributed by atoms with Crippen LogP contribution in [0.2, 0.25) is 0 Å². The number of carbonyl (C=O) groups is 2. The van der Waals surface area contributed by atoms with Gasteiger partial charge in [-0.15, -0.1) is 0 Å². The Balaban J connectivity index is 1.87. The first-order valence-corrected chi connectivity index (χ1v) is 10.2. The van der Waals surface area contributed by atoms with Gasteiger partial charge >= 0.3 is 0 Å². The third-order valence-corrected chi connectivity index (χ3v) is 6.11. The number of benzene rings is 3. The molecule has 1 heterocycles. The zero-order valence-electron chi connectivity index (χ0n) is 18.0. The molecule has 8 nitrogen and oxygen atoms in total. The normalized spacial score (nSPS) is 19.5. The van der Waals surface area contributed by atoms with Crippen molar-refractivity contribution < 1.29 is 9.59 Å². The van der Waals surface area contributed by atoms with E-state index in [-0.39, 0.29) is 24.7 Å². The highest BCUT2D eigenvalue weighted by Crippen LogP contribution is 2.41. The Kier molecular flexibility index (Phi) is 5.20. The fraction of sp³-hybridized carbons (Fsp3) is 0.208. The molecular formula is C24H25N5O3. The lowest BCUT2D eigenvalue weighted by Gasteiger charge is -2.43. The molecule has 3 aromatic carbocycles. The smallest absolute Gasteiger partial charge is 0.276 e. The van der Waals surface area contributed by atoms with Gasteiger partial charge in [0.25, 0.3) is 11.8 Å². The van der Waals surface area contributed by atoms with Gasteiger partial charge in [0.05, 0.1) is 0 Å². The van der Waals surface area contributed by atoms with Gasteiger partial charge in [0.2, 0.25) is 0 Å². The molecule has 0 fully saturated rings. The molecule has 0 aliphatic carbocycles. The number of hydrogen-bond acceptors (Lipinski definition) is 4. The lowest BCUT2D eigenvalue weighted by molar-refractivity contribution is -0.121. The molecule has 0 radical (unpaired) electrons. The van der Waals surface area contributed by atoms with E-state index in [1.165, 1.54) is 4.90 Å². The summed E-state index contributed by atoms with van der Waals surface area (Å²) >= 11 is 0. The van der Waals surface area contributed by atoms with Crippen LogP contribution in [0.4, 0.5) is 5.69 Å². The van der Waals surface area contributed by atoms with Crippen molar-refractivity contribution in [2.45, 2.75) is 19.0 Å². The number of carbonyl (C=O) groups excluding carboxylic acids is 2. The van der Waals surface area contributed by atoms with Crippen LogP contribution < -0.4 is 16.1 Å². The molecule has 2 unspecified atom stereocenters. The molecule has 0 bridgehead atoms. The second-order valence-corrected chi connectivity index (χ2v) is 8.35. The van der Waals surface area contributed by atoms with Crippen molar-refractivity contribution in [3.05, 3.63) is 82.1 Å². The lowest BCUT2D eigenvalue weighted by atomic mass is 9.98. The Morgan fingerprint density at radius 3 is 2.41 bits per heavy atom. The van der Waals surface area contributed by atoms with Crippen LogP contribution in [0.5, 0.6) is 0 Å². The Labute approximate surface area is 185 Å². The summed E-state index contributed by atoms with van der Waals surface area (Å²) in [6.45, 7) is -0.0427. The second-order valence-electron chi connectivity index (χ2n) is 8.35. The zero-order chi connectivity index (χ0) is 23.2. The number of primary amides is 1. The summed E-state index contributed by atoms with van der Waals surface area (Å²) < 4.78 is -0.962. The monoisotopic (exact) mass is 431 g/mol. The molecule has 0 saturated heterocycles. The van der Waals surface area contributed by atoms with E-state index in [1.807, 2.05) is 24.3 Å². The number of hydrogen-bond donors (Lipinski definition) is 3. The molecule has 32 heavy (non-hydrogen) atoms. The van der Waals surface area contributed by atoms with Crippen LogP contribution in [0.1, 0.15) is 27.0 Å². The number of nitrogens with one attached hydrogen (secondary N) is 1. The molecule has 2 atom stereocenters. The van der Waals surface area contributed by atoms with Gasteiger partial charge in [-0.1, -0.05) is 42.5 Å². The van der Waals surface area contributed by atoms with E-state index in [9.17, 15) is 14.8 Å². The van der Waals surface area contributed by atoms with Crippen molar-refractivity contribution in [3.8, 4) is 0 Å². The number of nitrogens with two attached hydrogens (primary N) is 2. The quantitative estimate of drug-likeness (QED) is 0.247. The van der Waals surface area contributed by atoms with Gasteiger partial charge < -0.3 is 26.2 Å². The molecule has 4 rings (SSSR count). The maximum atomic E-state index is 14.3. The van der Waals surface area contributed by atoms with E-state index in [0.29, 0.717) is 22.4 Å². The Morgan fingerprint density at radius 1 is 1.09 bits per heavy atom. The summed E-state index contributed by atoms with van der Waals surface area (Å²) in [4.78, 5) is 26.4. The molecule has 1 aliphatic rings. The van der Waals surface area contributed by atoms with E-state index in [2.05, 4.69) is 0 Å². The van der Waals surface area contributed by atoms with E-state index in [4.69, 9.17) is 16.9 Å². The highest BCUT2D eigenvalue weighted by molar-refractivity contribution is 6.07. The number of amidine groups is 1. The standard InChI is InChI=1S/C24H25N5O3/c1-28(2)24(31)19-10-9-16(17-5-3-4-6-18(17)19)13-29(32)20-12-15(22(25)26)8-7-14(20)11-21(29)23(27)30/h3-10,12,21H,11,13H2,1-2H3,(H3,25,26)(H2,27,30). The number of fused-ring (bicyclic) bond motifs is 2. The topological polar surface area (TPSA) is 136 Å². The highest BCUT2D eigenvalue weighted by Gasteiger charge is 2.44. The molecule has 0 aromatic heterocycles. The van der Waals surface area contributed by atoms with Crippen LogP contribution >= 0.6 is 0 Å². The maximum absolute atomic E-state index is 14.3. The van der Waals surface area contributed by atoms with E-state index in [1.54, 1.807) is 44.4 Å². The first-order valence-electron chi connectivity index (χ1n) is 10.2. The molecule has 164 valence electrons. The molecule has 8 heteroatoms. The summed E-state index contributed by atoms with van der Waals surface area (Å²) in [5.74, 6) is -0.963. The zero-order valence-corrected chi connectivity index (χ0v) is 18.0. The number of nitrogens with zero attached hydrogens (tertiary/aromatic N) is 2. The van der Waals surface area contributed by atoms with Crippen molar-refractivity contribution in [1.29, 1.82) is 5.41 Å². The average molecular weight is 431 g/mol. The van der Waals surface area contributed by atoms with E-state index < -0.39 is 16.6 Å². The van der Waals surface area contributed by atoms with E-state index in [0.717, 1.165) is 16.3 Å². The number of nitrogen functional groups attached to an aromatic ring is 1. The highest BCUT2D eigenvalue weighted by atomic mass is 16.6. The van der Waals surface area contributed by atoms with Gasteiger partial charge in [0.1, 0.15) is 18.1 Å². The third kappa shape index (κ3) is 3.39. The van der Waals surface area contributed by atoms with Crippen LogP contribution in [0, 0.1) is 10.6 Å². The molecule has 0 saturated carbocycles. The molecule has 1 aliphatic heterocycles. The molecule has 5 N–H and O–H groups in total. The SMILES string of the molecule is CN(C)C(=O)c1ccc(C[N+]2([O-])c3cc(C(=N)N)ccc3CC2C(N)=O)c2ccccc12. The number of rotatable bonds is 5. The average Bonchev–Trinajstić information content (AvgIpc) is 3.05. The number of amides is 2. The minimum atomic E-state index is -0.992. The van der Waals surface area contributed by atoms with Gasteiger partial charge in [-0.05, 0) is 16.8 Å². The van der Waals surface area contributed by atoms with Crippen molar-refractivity contribution in [2.24, 2.45) is 11.5 Å². The van der Waals surface area contributed by atoms with Crippen LogP contribution in [-0.2, 0) is 17.8 Å². The molecule has 3 aromatic rings. The summed E-state index contributed by atoms with van der Waals surface area (Å²) in [5, 5.41) is 23.5. The molecular weight excluding hydrogens is 406 g/mol. The summed E-state index contributed by atoms with van der Waals surface area (Å²) in [5.41, 5.74) is 14.1. The summed E-state index contributed by atoms with van der Waals surface area (Å²) in [6.07, 6.45) is 0.224. The van der Waals surface area contributed by atoms with Gasteiger partial charge in [-0.2, -0.15) is 0 Å². The molecule has 0 spiro atoms. The number of quaternary nitrogens is 1. The predicted molar refractivity (Wildman–Crippen MR) is 125 cm³/mol. The van der Waals surface area contributed by atoms with Gasteiger partial charge in [-0.25, -0.2) is 0 Å². The van der Waals surface area contributed by atoms with Gasteiger partial charge in [-0.3, -0.25) is 15.0 Å². The first kappa shape index (κ1) is 21.5. The van der Waals surface area contributed by atoms with Crippen molar-refractivity contribution in [2.75, 3.05) is 14.1 Å². The van der Waals surface area contributed by atoms with Gasteiger partial charge in [0, 0.05) is 48.8 Å². The predicted octanol–water partition coefficient (Wildman–Crippen LogP) is 2.24. The largest absolute Gasteiger partial charge is 0.627 e. The third-order valence-electron chi connectivity index (χ3n) is 6.11. The summed E-state index contributed by atoms with van der Waals surface area (Å²) in [7, 11) is 3.38. The van der Waals surface area contributed by atoms with Crippen molar-refractivity contribution >= 4 is 34.1 Å². The molecule has 2 amide bonds. The van der Waals surface area contributed by atoms with Crippen molar-refractivity contribution in [3.63, 3.8) is 0 Å². The minimum Gasteiger partial charge on any atom is -0.627 e. The Morgan fingerprint density at radius 2 is 1.78 bits per heavy atom. The van der Waals surface area contributed by atoms with Crippen LogP contribution in [0.25, 0.3) is 10.8 Å². The van der Waals surface area contributed by atoms with Crippen LogP contribution in [0.15, 0.2) is 54.6 Å². The fourth-order valence-corrected chi connectivity index (χ4v) is 4.46. The second kappa shape index (κ2) is 7.74. The van der Waals surface area contributed by atoms with Crippen LogP contribution in [-0.4, -0.2) is 42.7 Å². The van der Waals surface area contributed by atoms with Crippen LogP contribution in [0.3, 0.4) is 0 Å². The lowest BCUT2D eigenvalue weighted by Crippen LogP contribution is -2.54. The number of hydroxylamine groups is 2. The fourth-order valence-electron chi connectivity index (χ4n) is 4.46. The van der Waals surface area contributed by atoms with Gasteiger partial charge in [0.15, 0.2) is 6.04 Å². The first-order chi connectivity index (χ1) is 15.1. The summed E-state index contributed by atoms with van der Waals surface area (Å²) in [6, 6.07) is 14.9. The minimum absolute atomic E-state index is 0.0427. The van der Waals surface area contributed by atoms with E-state index >= 15 is 0 Å². The Hall–Kier alpha value is -3.75. The van der Waals surface area contributed by atoms with Crippen molar-refractivity contribution in [1.82, 2.24) is 9.55 Å². The Bertz CT molecular complexity index is 1270.